The second-order valence-corrected chi connectivity index (χ2v) is 6.21. The predicted molar refractivity (Wildman–Crippen MR) is 67.6 cm³/mol. The second kappa shape index (κ2) is 4.12. The number of hydrogen-bond acceptors (Lipinski definition) is 1. The predicted octanol–water partition coefficient (Wildman–Crippen LogP) is 4.32. The van der Waals surface area contributed by atoms with E-state index in [-0.39, 0.29) is 0 Å². The summed E-state index contributed by atoms with van der Waals surface area (Å²) in [5.41, 5.74) is 1.74. The third-order valence-electron chi connectivity index (χ3n) is 3.73. The van der Waals surface area contributed by atoms with E-state index in [0.29, 0.717) is 17.1 Å². The van der Waals surface area contributed by atoms with Crippen LogP contribution >= 0.6 is 0 Å². The largest absolute Gasteiger partial charge is 0.508 e. The maximum Gasteiger partial charge on any atom is 0.115 e. The Morgan fingerprint density at radius 1 is 1.25 bits per heavy atom. The summed E-state index contributed by atoms with van der Waals surface area (Å²) in [4.78, 5) is 0. The van der Waals surface area contributed by atoms with Crippen LogP contribution in [0.3, 0.4) is 0 Å². The maximum atomic E-state index is 9.54. The van der Waals surface area contributed by atoms with Crippen LogP contribution in [0.1, 0.15) is 51.5 Å². The van der Waals surface area contributed by atoms with Crippen molar-refractivity contribution < 1.29 is 5.11 Å². The normalized spacial score (nSPS) is 28.9. The summed E-state index contributed by atoms with van der Waals surface area (Å²) >= 11 is 0. The molecule has 88 valence electrons. The maximum absolute atomic E-state index is 9.54. The van der Waals surface area contributed by atoms with Crippen molar-refractivity contribution in [2.45, 2.75) is 46.0 Å². The molecular formula is C15H22O. The number of rotatable bonds is 1. The molecule has 0 radical (unpaired) electrons. The third-order valence-corrected chi connectivity index (χ3v) is 3.73. The molecule has 0 saturated heterocycles. The van der Waals surface area contributed by atoms with Crippen molar-refractivity contribution in [3.8, 4) is 5.75 Å². The first-order valence-electron chi connectivity index (χ1n) is 6.25. The summed E-state index contributed by atoms with van der Waals surface area (Å²) in [5.74, 6) is 1.80. The molecule has 1 aliphatic carbocycles. The van der Waals surface area contributed by atoms with E-state index in [0.717, 1.165) is 5.92 Å². The van der Waals surface area contributed by atoms with E-state index in [9.17, 15) is 5.11 Å². The van der Waals surface area contributed by atoms with Crippen LogP contribution in [0.5, 0.6) is 5.75 Å². The summed E-state index contributed by atoms with van der Waals surface area (Å²) in [5, 5.41) is 9.54. The highest BCUT2D eigenvalue weighted by atomic mass is 16.3. The number of aromatic hydroxyl groups is 1. The Bertz CT molecular complexity index is 367. The van der Waals surface area contributed by atoms with Crippen molar-refractivity contribution >= 4 is 0 Å². The zero-order chi connectivity index (χ0) is 11.8. The van der Waals surface area contributed by atoms with Crippen LogP contribution in [0.15, 0.2) is 24.3 Å². The Kier molecular flexibility index (Phi) is 2.96. The van der Waals surface area contributed by atoms with Gasteiger partial charge in [-0.3, -0.25) is 0 Å². The van der Waals surface area contributed by atoms with Crippen LogP contribution in [-0.2, 0) is 0 Å². The Balaban J connectivity index is 2.21. The average Bonchev–Trinajstić information content (AvgIpc) is 2.14. The Morgan fingerprint density at radius 3 is 2.62 bits per heavy atom. The van der Waals surface area contributed by atoms with Crippen LogP contribution in [0.4, 0.5) is 0 Å². The minimum absolute atomic E-state index is 0.397. The molecule has 0 amide bonds. The third kappa shape index (κ3) is 2.58. The van der Waals surface area contributed by atoms with Crippen molar-refractivity contribution in [1.29, 1.82) is 0 Å². The molecule has 2 unspecified atom stereocenters. The minimum Gasteiger partial charge on any atom is -0.508 e. The van der Waals surface area contributed by atoms with Gasteiger partial charge >= 0.3 is 0 Å². The molecule has 1 fully saturated rings. The van der Waals surface area contributed by atoms with Crippen molar-refractivity contribution in [3.63, 3.8) is 0 Å². The van der Waals surface area contributed by atoms with Crippen molar-refractivity contribution in [3.05, 3.63) is 29.8 Å². The molecule has 1 nitrogen and oxygen atoms in total. The minimum atomic E-state index is 0.397. The summed E-state index contributed by atoms with van der Waals surface area (Å²) < 4.78 is 0. The van der Waals surface area contributed by atoms with E-state index in [4.69, 9.17) is 0 Å². The molecule has 1 aliphatic rings. The highest BCUT2D eigenvalue weighted by molar-refractivity contribution is 5.30. The van der Waals surface area contributed by atoms with Crippen LogP contribution in [0, 0.1) is 11.3 Å². The second-order valence-electron chi connectivity index (χ2n) is 6.21. The van der Waals surface area contributed by atoms with Gasteiger partial charge in [0.15, 0.2) is 0 Å². The van der Waals surface area contributed by atoms with Crippen molar-refractivity contribution in [2.24, 2.45) is 11.3 Å². The molecule has 16 heavy (non-hydrogen) atoms. The van der Waals surface area contributed by atoms with Crippen LogP contribution in [0.25, 0.3) is 0 Å². The fourth-order valence-corrected chi connectivity index (χ4v) is 3.38. The van der Waals surface area contributed by atoms with Gasteiger partial charge in [-0.05, 0) is 54.2 Å². The van der Waals surface area contributed by atoms with Gasteiger partial charge in [-0.1, -0.05) is 32.9 Å². The van der Waals surface area contributed by atoms with Gasteiger partial charge in [0.05, 0.1) is 0 Å². The lowest BCUT2D eigenvalue weighted by Gasteiger charge is -2.39. The Morgan fingerprint density at radius 2 is 2.00 bits per heavy atom. The molecule has 0 heterocycles. The first-order chi connectivity index (χ1) is 7.46. The van der Waals surface area contributed by atoms with E-state index in [1.807, 2.05) is 12.1 Å². The monoisotopic (exact) mass is 218 g/mol. The van der Waals surface area contributed by atoms with Gasteiger partial charge in [-0.2, -0.15) is 0 Å². The molecule has 1 heteroatoms. The van der Waals surface area contributed by atoms with Gasteiger partial charge in [-0.15, -0.1) is 0 Å². The number of phenolic OH excluding ortho intramolecular Hbond substituents is 1. The van der Waals surface area contributed by atoms with Gasteiger partial charge in [0.2, 0.25) is 0 Å². The van der Waals surface area contributed by atoms with Gasteiger partial charge in [0.25, 0.3) is 0 Å². The quantitative estimate of drug-likeness (QED) is 0.744. The molecule has 1 saturated carbocycles. The summed E-state index contributed by atoms with van der Waals surface area (Å²) in [7, 11) is 0. The highest BCUT2D eigenvalue weighted by Gasteiger charge is 2.32. The van der Waals surface area contributed by atoms with E-state index in [1.165, 1.54) is 24.8 Å². The molecule has 1 N–H and O–H groups in total. The molecule has 0 aliphatic heterocycles. The van der Waals surface area contributed by atoms with Gasteiger partial charge in [-0.25, -0.2) is 0 Å². The molecule has 0 aromatic heterocycles. The highest BCUT2D eigenvalue weighted by Crippen LogP contribution is 2.46. The molecule has 1 aromatic carbocycles. The van der Waals surface area contributed by atoms with Crippen molar-refractivity contribution in [1.82, 2.24) is 0 Å². The fourth-order valence-electron chi connectivity index (χ4n) is 3.38. The van der Waals surface area contributed by atoms with Gasteiger partial charge in [0.1, 0.15) is 5.75 Å². The Hall–Kier alpha value is -0.980. The molecule has 2 rings (SSSR count). The first-order valence-corrected chi connectivity index (χ1v) is 6.25. The Labute approximate surface area is 98.5 Å². The van der Waals surface area contributed by atoms with E-state index in [1.54, 1.807) is 6.07 Å². The topological polar surface area (TPSA) is 20.2 Å². The number of hydrogen-bond donors (Lipinski definition) is 1. The SMILES string of the molecule is CC1CC(c2cccc(O)c2)CC(C)(C)C1. The lowest BCUT2D eigenvalue weighted by molar-refractivity contribution is 0.168. The average molecular weight is 218 g/mol. The lowest BCUT2D eigenvalue weighted by atomic mass is 9.66. The molecule has 1 aromatic rings. The fraction of sp³-hybridized carbons (Fsp3) is 0.600. The molecule has 2 atom stereocenters. The molecular weight excluding hydrogens is 196 g/mol. The van der Waals surface area contributed by atoms with E-state index < -0.39 is 0 Å². The zero-order valence-corrected chi connectivity index (χ0v) is 10.5. The zero-order valence-electron chi connectivity index (χ0n) is 10.5. The summed E-state index contributed by atoms with van der Waals surface area (Å²) in [6.45, 7) is 7.06. The van der Waals surface area contributed by atoms with Gasteiger partial charge < -0.3 is 5.11 Å². The number of phenols is 1. The smallest absolute Gasteiger partial charge is 0.115 e. The first kappa shape index (κ1) is 11.5. The number of benzene rings is 1. The molecule has 0 spiro atoms. The van der Waals surface area contributed by atoms with Crippen LogP contribution in [0.2, 0.25) is 0 Å². The standard InChI is InChI=1S/C15H22O/c1-11-7-13(10-15(2,3)9-11)12-5-4-6-14(16)8-12/h4-6,8,11,13,16H,7,9-10H2,1-3H3. The van der Waals surface area contributed by atoms with Crippen LogP contribution in [-0.4, -0.2) is 5.11 Å². The van der Waals surface area contributed by atoms with E-state index >= 15 is 0 Å². The van der Waals surface area contributed by atoms with Crippen molar-refractivity contribution in [2.75, 3.05) is 0 Å². The van der Waals surface area contributed by atoms with Crippen LogP contribution < -0.4 is 0 Å². The molecule has 0 bridgehead atoms. The lowest BCUT2D eigenvalue weighted by Crippen LogP contribution is -2.26. The summed E-state index contributed by atoms with van der Waals surface area (Å²) in [6, 6.07) is 7.79. The van der Waals surface area contributed by atoms with Gasteiger partial charge in [0, 0.05) is 0 Å². The van der Waals surface area contributed by atoms with E-state index in [2.05, 4.69) is 26.8 Å². The summed E-state index contributed by atoms with van der Waals surface area (Å²) in [6.07, 6.45) is 3.82.